The summed E-state index contributed by atoms with van der Waals surface area (Å²) in [6.45, 7) is 0.978. The van der Waals surface area contributed by atoms with E-state index in [2.05, 4.69) is 15.9 Å². The van der Waals surface area contributed by atoms with Crippen molar-refractivity contribution in [3.05, 3.63) is 34.3 Å². The van der Waals surface area contributed by atoms with E-state index in [4.69, 9.17) is 10.8 Å². The number of nitrogens with two attached hydrogens (primary N) is 1. The van der Waals surface area contributed by atoms with Crippen LogP contribution in [0.1, 0.15) is 24.4 Å². The average Bonchev–Trinajstić information content (AvgIpc) is 2.78. The number of likely N-dealkylation sites (tertiary alicyclic amines) is 1. The van der Waals surface area contributed by atoms with Crippen LogP contribution < -0.4 is 5.73 Å². The van der Waals surface area contributed by atoms with Crippen molar-refractivity contribution >= 4 is 27.8 Å². The molecule has 0 aliphatic carbocycles. The number of halogens is 1. The molecule has 0 aromatic heterocycles. The van der Waals surface area contributed by atoms with Crippen molar-refractivity contribution in [3.8, 4) is 0 Å². The van der Waals surface area contributed by atoms with E-state index in [1.165, 1.54) is 0 Å². The Morgan fingerprint density at radius 3 is 2.60 bits per heavy atom. The molecule has 1 aliphatic heterocycles. The van der Waals surface area contributed by atoms with Gasteiger partial charge in [0.25, 0.3) is 0 Å². The van der Waals surface area contributed by atoms with Gasteiger partial charge in [0.05, 0.1) is 12.5 Å². The summed E-state index contributed by atoms with van der Waals surface area (Å²) in [4.78, 5) is 24.8. The number of hydrogen-bond donors (Lipinski definition) is 2. The molecular formula is C14H17BrN2O3. The Kier molecular flexibility index (Phi) is 4.77. The topological polar surface area (TPSA) is 83.6 Å². The summed E-state index contributed by atoms with van der Waals surface area (Å²) in [5, 5.41) is 9.10. The molecule has 1 fully saturated rings. The molecule has 0 spiro atoms. The zero-order chi connectivity index (χ0) is 14.7. The van der Waals surface area contributed by atoms with E-state index in [9.17, 15) is 9.59 Å². The Bertz CT molecular complexity index is 504. The lowest BCUT2D eigenvalue weighted by atomic mass is 10.0. The first-order valence-corrected chi connectivity index (χ1v) is 7.27. The van der Waals surface area contributed by atoms with Crippen LogP contribution >= 0.6 is 15.9 Å². The molecule has 1 heterocycles. The van der Waals surface area contributed by atoms with Gasteiger partial charge in [0, 0.05) is 17.4 Å². The second-order valence-corrected chi connectivity index (χ2v) is 5.93. The highest BCUT2D eigenvalue weighted by molar-refractivity contribution is 9.10. The standard InChI is InChI=1S/C14H17BrN2O3/c15-11-3-1-10(2-4-11)12(6-14(19)20)17-8-9(7-16)5-13(17)18/h1-4,9,12H,5-8,16H2,(H,19,20). The van der Waals surface area contributed by atoms with Crippen molar-refractivity contribution in [1.82, 2.24) is 4.90 Å². The minimum Gasteiger partial charge on any atom is -0.481 e. The molecule has 2 rings (SSSR count). The fourth-order valence-corrected chi connectivity index (χ4v) is 2.79. The maximum atomic E-state index is 12.1. The van der Waals surface area contributed by atoms with Gasteiger partial charge in [-0.05, 0) is 30.2 Å². The van der Waals surface area contributed by atoms with Crippen molar-refractivity contribution in [2.75, 3.05) is 13.1 Å². The molecule has 1 aromatic carbocycles. The van der Waals surface area contributed by atoms with Gasteiger partial charge >= 0.3 is 5.97 Å². The van der Waals surface area contributed by atoms with E-state index < -0.39 is 12.0 Å². The fourth-order valence-electron chi connectivity index (χ4n) is 2.53. The van der Waals surface area contributed by atoms with E-state index in [1.807, 2.05) is 24.3 Å². The van der Waals surface area contributed by atoms with E-state index in [0.29, 0.717) is 19.5 Å². The van der Waals surface area contributed by atoms with Gasteiger partial charge in [-0.2, -0.15) is 0 Å². The number of carbonyl (C=O) groups excluding carboxylic acids is 1. The number of carbonyl (C=O) groups is 2. The molecule has 1 saturated heterocycles. The van der Waals surface area contributed by atoms with Crippen molar-refractivity contribution in [3.63, 3.8) is 0 Å². The molecule has 0 bridgehead atoms. The second-order valence-electron chi connectivity index (χ2n) is 5.02. The monoisotopic (exact) mass is 340 g/mol. The fraction of sp³-hybridized carbons (Fsp3) is 0.429. The molecule has 2 unspecified atom stereocenters. The molecule has 3 N–H and O–H groups in total. The van der Waals surface area contributed by atoms with Gasteiger partial charge in [0.1, 0.15) is 0 Å². The van der Waals surface area contributed by atoms with E-state index in [0.717, 1.165) is 10.0 Å². The number of carboxylic acid groups (broad SMARTS) is 1. The normalized spacial score (nSPS) is 20.2. The molecule has 5 nitrogen and oxygen atoms in total. The predicted octanol–water partition coefficient (Wildman–Crippen LogP) is 1.77. The first kappa shape index (κ1) is 15.0. The maximum Gasteiger partial charge on any atom is 0.305 e. The first-order chi connectivity index (χ1) is 9.51. The van der Waals surface area contributed by atoms with Gasteiger partial charge in [0.2, 0.25) is 5.91 Å². The molecule has 20 heavy (non-hydrogen) atoms. The molecule has 1 aromatic rings. The number of hydrogen-bond acceptors (Lipinski definition) is 3. The summed E-state index contributed by atoms with van der Waals surface area (Å²) < 4.78 is 0.919. The minimum absolute atomic E-state index is 0.0189. The number of benzene rings is 1. The molecule has 1 amide bonds. The number of amides is 1. The van der Waals surface area contributed by atoms with E-state index in [-0.39, 0.29) is 18.2 Å². The zero-order valence-corrected chi connectivity index (χ0v) is 12.5. The van der Waals surface area contributed by atoms with Gasteiger partial charge < -0.3 is 15.7 Å². The Labute approximate surface area is 125 Å². The molecule has 108 valence electrons. The van der Waals surface area contributed by atoms with Crippen molar-refractivity contribution in [2.45, 2.75) is 18.9 Å². The quantitative estimate of drug-likeness (QED) is 0.855. The third kappa shape index (κ3) is 3.37. The lowest BCUT2D eigenvalue weighted by molar-refractivity contribution is -0.139. The van der Waals surface area contributed by atoms with Crippen LogP contribution in [0, 0.1) is 5.92 Å². The summed E-state index contributed by atoms with van der Waals surface area (Å²) >= 11 is 3.35. The van der Waals surface area contributed by atoms with Crippen LogP contribution in [0.4, 0.5) is 0 Å². The summed E-state index contributed by atoms with van der Waals surface area (Å²) in [5.41, 5.74) is 6.45. The molecule has 1 aliphatic rings. The van der Waals surface area contributed by atoms with Crippen LogP contribution in [-0.4, -0.2) is 35.0 Å². The van der Waals surface area contributed by atoms with Gasteiger partial charge in [-0.25, -0.2) is 0 Å². The summed E-state index contributed by atoms with van der Waals surface area (Å²) in [6.07, 6.45) is 0.313. The Hall–Kier alpha value is -1.40. The average molecular weight is 341 g/mol. The van der Waals surface area contributed by atoms with Crippen LogP contribution in [0.2, 0.25) is 0 Å². The lowest BCUT2D eigenvalue weighted by Crippen LogP contribution is -2.32. The van der Waals surface area contributed by atoms with E-state index in [1.54, 1.807) is 4.90 Å². The Morgan fingerprint density at radius 1 is 1.45 bits per heavy atom. The lowest BCUT2D eigenvalue weighted by Gasteiger charge is -2.27. The summed E-state index contributed by atoms with van der Waals surface area (Å²) in [6, 6.07) is 6.97. The van der Waals surface area contributed by atoms with Crippen LogP contribution in [0.25, 0.3) is 0 Å². The summed E-state index contributed by atoms with van der Waals surface area (Å²) in [7, 11) is 0. The first-order valence-electron chi connectivity index (χ1n) is 6.48. The number of nitrogens with zero attached hydrogens (tertiary/aromatic N) is 1. The molecule has 2 atom stereocenters. The third-order valence-electron chi connectivity index (χ3n) is 3.57. The largest absolute Gasteiger partial charge is 0.481 e. The van der Waals surface area contributed by atoms with Gasteiger partial charge in [0.15, 0.2) is 0 Å². The summed E-state index contributed by atoms with van der Waals surface area (Å²) in [5.74, 6) is -0.814. The van der Waals surface area contributed by atoms with Crippen LogP contribution in [0.15, 0.2) is 28.7 Å². The van der Waals surface area contributed by atoms with Gasteiger partial charge in [-0.15, -0.1) is 0 Å². The van der Waals surface area contributed by atoms with Crippen molar-refractivity contribution < 1.29 is 14.7 Å². The highest BCUT2D eigenvalue weighted by Crippen LogP contribution is 2.31. The maximum absolute atomic E-state index is 12.1. The van der Waals surface area contributed by atoms with Crippen LogP contribution in [0.5, 0.6) is 0 Å². The minimum atomic E-state index is -0.915. The van der Waals surface area contributed by atoms with Crippen molar-refractivity contribution in [1.29, 1.82) is 0 Å². The molecule has 0 radical (unpaired) electrons. The second kappa shape index (κ2) is 6.37. The highest BCUT2D eigenvalue weighted by Gasteiger charge is 2.35. The Balaban J connectivity index is 2.26. The molecule has 6 heteroatoms. The molecular weight excluding hydrogens is 324 g/mol. The van der Waals surface area contributed by atoms with Crippen molar-refractivity contribution in [2.24, 2.45) is 11.7 Å². The molecule has 0 saturated carbocycles. The zero-order valence-electron chi connectivity index (χ0n) is 11.0. The van der Waals surface area contributed by atoms with Gasteiger partial charge in [-0.1, -0.05) is 28.1 Å². The predicted molar refractivity (Wildman–Crippen MR) is 78.0 cm³/mol. The highest BCUT2D eigenvalue weighted by atomic mass is 79.9. The van der Waals surface area contributed by atoms with E-state index >= 15 is 0 Å². The third-order valence-corrected chi connectivity index (χ3v) is 4.10. The SMILES string of the molecule is NCC1CC(=O)N(C(CC(=O)O)c2ccc(Br)cc2)C1. The number of rotatable bonds is 5. The Morgan fingerprint density at radius 2 is 2.10 bits per heavy atom. The van der Waals surface area contributed by atoms with Gasteiger partial charge in [-0.3, -0.25) is 9.59 Å². The number of carboxylic acids is 1. The van der Waals surface area contributed by atoms with Crippen LogP contribution in [-0.2, 0) is 9.59 Å². The smallest absolute Gasteiger partial charge is 0.305 e. The number of aliphatic carboxylic acids is 1. The van der Waals surface area contributed by atoms with Crippen LogP contribution in [0.3, 0.4) is 0 Å².